The Morgan fingerprint density at radius 1 is 1.50 bits per heavy atom. The zero-order valence-electron chi connectivity index (χ0n) is 9.33. The lowest BCUT2D eigenvalue weighted by molar-refractivity contribution is -0.136. The van der Waals surface area contributed by atoms with Crippen molar-refractivity contribution in [2.75, 3.05) is 19.6 Å². The Labute approximate surface area is 86.6 Å². The first-order valence-electron chi connectivity index (χ1n) is 5.69. The zero-order chi connectivity index (χ0) is 10.6. The van der Waals surface area contributed by atoms with Crippen LogP contribution in [0.5, 0.6) is 0 Å². The number of nitrogens with zero attached hydrogens (tertiary/aromatic N) is 1. The van der Waals surface area contributed by atoms with E-state index in [0.29, 0.717) is 24.9 Å². The van der Waals surface area contributed by atoms with Crippen LogP contribution in [0.1, 0.15) is 33.1 Å². The van der Waals surface area contributed by atoms with Crippen LogP contribution in [-0.2, 0) is 4.79 Å². The Kier molecular flexibility index (Phi) is 4.39. The number of carbonyl (C=O) groups excluding carboxylic acids is 1. The predicted octanol–water partition coefficient (Wildman–Crippen LogP) is 1.23. The molecule has 1 aliphatic rings. The minimum atomic E-state index is 0.265. The molecule has 0 saturated heterocycles. The van der Waals surface area contributed by atoms with Crippen molar-refractivity contribution in [2.24, 2.45) is 17.6 Å². The second-order valence-corrected chi connectivity index (χ2v) is 4.22. The van der Waals surface area contributed by atoms with Crippen LogP contribution < -0.4 is 5.73 Å². The molecule has 2 N–H and O–H groups in total. The van der Waals surface area contributed by atoms with E-state index in [9.17, 15) is 4.79 Å². The molecule has 82 valence electrons. The molecule has 0 aromatic rings. The Hall–Kier alpha value is -0.570. The van der Waals surface area contributed by atoms with Crippen LogP contribution >= 0.6 is 0 Å². The highest BCUT2D eigenvalue weighted by Crippen LogP contribution is 2.32. The summed E-state index contributed by atoms with van der Waals surface area (Å²) in [7, 11) is 0. The first-order chi connectivity index (χ1) is 6.70. The molecule has 2 atom stereocenters. The van der Waals surface area contributed by atoms with Crippen LogP contribution in [0.4, 0.5) is 0 Å². The van der Waals surface area contributed by atoms with Crippen molar-refractivity contribution in [3.05, 3.63) is 0 Å². The molecule has 0 spiro atoms. The van der Waals surface area contributed by atoms with Gasteiger partial charge in [-0.1, -0.05) is 13.3 Å². The summed E-state index contributed by atoms with van der Waals surface area (Å²) in [5.74, 6) is 1.15. The van der Waals surface area contributed by atoms with Crippen molar-refractivity contribution in [1.82, 2.24) is 4.90 Å². The van der Waals surface area contributed by atoms with Crippen molar-refractivity contribution in [3.63, 3.8) is 0 Å². The summed E-state index contributed by atoms with van der Waals surface area (Å²) in [6.45, 7) is 6.28. The van der Waals surface area contributed by atoms with Crippen LogP contribution in [0.25, 0.3) is 0 Å². The number of hydrogen-bond acceptors (Lipinski definition) is 2. The summed E-state index contributed by atoms with van der Waals surface area (Å²) < 4.78 is 0. The molecule has 14 heavy (non-hydrogen) atoms. The Morgan fingerprint density at radius 2 is 2.21 bits per heavy atom. The fourth-order valence-electron chi connectivity index (χ4n) is 2.33. The standard InChI is InChI=1S/C11H22N2O/c1-3-13(8-7-12)11(14)10-6-4-5-9(10)2/h9-10H,3-8,12H2,1-2H3. The van der Waals surface area contributed by atoms with Gasteiger partial charge in [-0.3, -0.25) is 4.79 Å². The lowest BCUT2D eigenvalue weighted by Gasteiger charge is -2.25. The zero-order valence-corrected chi connectivity index (χ0v) is 9.33. The predicted molar refractivity (Wildman–Crippen MR) is 57.8 cm³/mol. The molecule has 1 aliphatic carbocycles. The highest BCUT2D eigenvalue weighted by atomic mass is 16.2. The molecule has 1 rings (SSSR count). The van der Waals surface area contributed by atoms with Gasteiger partial charge in [0.1, 0.15) is 0 Å². The third kappa shape index (κ3) is 2.47. The van der Waals surface area contributed by atoms with E-state index in [0.717, 1.165) is 13.0 Å². The second kappa shape index (κ2) is 5.35. The highest BCUT2D eigenvalue weighted by Gasteiger charge is 2.31. The van der Waals surface area contributed by atoms with Gasteiger partial charge < -0.3 is 10.6 Å². The molecule has 2 unspecified atom stereocenters. The van der Waals surface area contributed by atoms with Crippen molar-refractivity contribution >= 4 is 5.91 Å². The first-order valence-corrected chi connectivity index (χ1v) is 5.69. The maximum atomic E-state index is 12.0. The van der Waals surface area contributed by atoms with Crippen LogP contribution in [0.15, 0.2) is 0 Å². The summed E-state index contributed by atoms with van der Waals surface area (Å²) in [6, 6.07) is 0. The fourth-order valence-corrected chi connectivity index (χ4v) is 2.33. The van der Waals surface area contributed by atoms with E-state index in [-0.39, 0.29) is 5.92 Å². The van der Waals surface area contributed by atoms with Gasteiger partial charge in [0.05, 0.1) is 0 Å². The maximum Gasteiger partial charge on any atom is 0.225 e. The average Bonchev–Trinajstić information content (AvgIpc) is 2.59. The van der Waals surface area contributed by atoms with Crippen LogP contribution in [-0.4, -0.2) is 30.4 Å². The fraction of sp³-hybridized carbons (Fsp3) is 0.909. The van der Waals surface area contributed by atoms with Gasteiger partial charge in [0, 0.05) is 25.6 Å². The molecule has 1 amide bonds. The largest absolute Gasteiger partial charge is 0.341 e. The molecular formula is C11H22N2O. The summed E-state index contributed by atoms with van der Waals surface area (Å²) in [5.41, 5.74) is 5.48. The first kappa shape index (κ1) is 11.5. The van der Waals surface area contributed by atoms with Gasteiger partial charge >= 0.3 is 0 Å². The third-order valence-corrected chi connectivity index (χ3v) is 3.27. The van der Waals surface area contributed by atoms with Gasteiger partial charge in [-0.05, 0) is 25.7 Å². The number of likely N-dealkylation sites (N-methyl/N-ethyl adjacent to an activating group) is 1. The maximum absolute atomic E-state index is 12.0. The van der Waals surface area contributed by atoms with Gasteiger partial charge in [-0.2, -0.15) is 0 Å². The molecule has 0 heterocycles. The normalized spacial score (nSPS) is 26.5. The van der Waals surface area contributed by atoms with Crippen molar-refractivity contribution in [3.8, 4) is 0 Å². The van der Waals surface area contributed by atoms with Gasteiger partial charge in [-0.15, -0.1) is 0 Å². The third-order valence-electron chi connectivity index (χ3n) is 3.27. The number of hydrogen-bond donors (Lipinski definition) is 1. The highest BCUT2D eigenvalue weighted by molar-refractivity contribution is 5.79. The Balaban J connectivity index is 2.52. The number of carbonyl (C=O) groups is 1. The van der Waals surface area contributed by atoms with Gasteiger partial charge in [0.2, 0.25) is 5.91 Å². The number of nitrogens with two attached hydrogens (primary N) is 1. The van der Waals surface area contributed by atoms with E-state index in [1.807, 2.05) is 11.8 Å². The molecule has 0 aromatic carbocycles. The van der Waals surface area contributed by atoms with Crippen LogP contribution in [0.3, 0.4) is 0 Å². The van der Waals surface area contributed by atoms with Crippen LogP contribution in [0.2, 0.25) is 0 Å². The molecular weight excluding hydrogens is 176 g/mol. The van der Waals surface area contributed by atoms with E-state index >= 15 is 0 Å². The van der Waals surface area contributed by atoms with Crippen molar-refractivity contribution in [1.29, 1.82) is 0 Å². The lowest BCUT2D eigenvalue weighted by Crippen LogP contribution is -2.39. The molecule has 0 aliphatic heterocycles. The molecule has 0 aromatic heterocycles. The average molecular weight is 198 g/mol. The summed E-state index contributed by atoms with van der Waals surface area (Å²) in [4.78, 5) is 13.9. The number of amides is 1. The second-order valence-electron chi connectivity index (χ2n) is 4.22. The van der Waals surface area contributed by atoms with E-state index in [1.54, 1.807) is 0 Å². The smallest absolute Gasteiger partial charge is 0.225 e. The van der Waals surface area contributed by atoms with E-state index < -0.39 is 0 Å². The van der Waals surface area contributed by atoms with Crippen molar-refractivity contribution < 1.29 is 4.79 Å². The summed E-state index contributed by atoms with van der Waals surface area (Å²) >= 11 is 0. The molecule has 3 heteroatoms. The van der Waals surface area contributed by atoms with E-state index in [4.69, 9.17) is 5.73 Å². The van der Waals surface area contributed by atoms with Gasteiger partial charge in [0.25, 0.3) is 0 Å². The molecule has 1 saturated carbocycles. The van der Waals surface area contributed by atoms with E-state index in [2.05, 4.69) is 6.92 Å². The van der Waals surface area contributed by atoms with Gasteiger partial charge in [0.15, 0.2) is 0 Å². The Bertz CT molecular complexity index is 194. The van der Waals surface area contributed by atoms with E-state index in [1.165, 1.54) is 12.8 Å². The monoisotopic (exact) mass is 198 g/mol. The molecule has 1 fully saturated rings. The molecule has 0 bridgehead atoms. The Morgan fingerprint density at radius 3 is 2.64 bits per heavy atom. The minimum Gasteiger partial charge on any atom is -0.341 e. The molecule has 3 nitrogen and oxygen atoms in total. The number of rotatable bonds is 4. The summed E-state index contributed by atoms with van der Waals surface area (Å²) in [6.07, 6.45) is 3.48. The topological polar surface area (TPSA) is 46.3 Å². The van der Waals surface area contributed by atoms with Crippen LogP contribution in [0, 0.1) is 11.8 Å². The quantitative estimate of drug-likeness (QED) is 0.738. The lowest BCUT2D eigenvalue weighted by atomic mass is 9.96. The summed E-state index contributed by atoms with van der Waals surface area (Å²) in [5, 5.41) is 0. The van der Waals surface area contributed by atoms with Crippen molar-refractivity contribution in [2.45, 2.75) is 33.1 Å². The minimum absolute atomic E-state index is 0.265. The molecule has 0 radical (unpaired) electrons. The SMILES string of the molecule is CCN(CCN)C(=O)C1CCCC1C. The van der Waals surface area contributed by atoms with Gasteiger partial charge in [-0.25, -0.2) is 0 Å².